The van der Waals surface area contributed by atoms with Crippen molar-refractivity contribution in [2.24, 2.45) is 10.7 Å². The van der Waals surface area contributed by atoms with Gasteiger partial charge in [0.05, 0.1) is 12.1 Å². The van der Waals surface area contributed by atoms with Crippen LogP contribution in [0.5, 0.6) is 23.0 Å². The number of likely N-dealkylation sites (N-methyl/N-ethyl adjacent to an activating group) is 1. The number of benzene rings is 2. The van der Waals surface area contributed by atoms with Crippen LogP contribution in [-0.2, 0) is 4.74 Å². The number of nitrogens with zero attached hydrogens (tertiary/aromatic N) is 2. The van der Waals surface area contributed by atoms with Crippen molar-refractivity contribution in [3.63, 3.8) is 0 Å². The number of hydrogen-bond donors (Lipinski definition) is 3. The van der Waals surface area contributed by atoms with E-state index in [1.165, 1.54) is 43.3 Å². The Balaban J connectivity index is 0.000000607. The highest BCUT2D eigenvalue weighted by atomic mass is 16.5. The van der Waals surface area contributed by atoms with E-state index in [0.29, 0.717) is 30.2 Å². The minimum absolute atomic E-state index is 0.0118. The predicted molar refractivity (Wildman–Crippen MR) is 131 cm³/mol. The van der Waals surface area contributed by atoms with Crippen LogP contribution in [-0.4, -0.2) is 68.1 Å². The second kappa shape index (κ2) is 12.4. The number of amidine groups is 1. The molecule has 1 fully saturated rings. The summed E-state index contributed by atoms with van der Waals surface area (Å²) >= 11 is 0. The van der Waals surface area contributed by atoms with Gasteiger partial charge in [-0.3, -0.25) is 9.59 Å². The molecule has 0 radical (unpaired) electrons. The number of aromatic hydroxyl groups is 1. The van der Waals surface area contributed by atoms with E-state index in [2.05, 4.69) is 10.3 Å². The summed E-state index contributed by atoms with van der Waals surface area (Å²) in [7, 11) is 3.40. The lowest BCUT2D eigenvalue weighted by molar-refractivity contribution is 0.0796. The summed E-state index contributed by atoms with van der Waals surface area (Å²) in [5.74, 6) is 0.0860. The van der Waals surface area contributed by atoms with Crippen LogP contribution in [0.15, 0.2) is 53.7 Å². The normalized spacial score (nSPS) is 15.5. The molecule has 4 rings (SSSR count). The molecule has 0 atom stereocenters. The van der Waals surface area contributed by atoms with Crippen molar-refractivity contribution in [1.82, 2.24) is 10.2 Å². The molecule has 1 saturated heterocycles. The van der Waals surface area contributed by atoms with E-state index in [4.69, 9.17) is 19.9 Å². The van der Waals surface area contributed by atoms with E-state index in [-0.39, 0.29) is 28.8 Å². The van der Waals surface area contributed by atoms with Crippen LogP contribution >= 0.6 is 0 Å². The van der Waals surface area contributed by atoms with Gasteiger partial charge in [-0.1, -0.05) is 0 Å². The molecular formula is C25H30N4O6. The van der Waals surface area contributed by atoms with Crippen molar-refractivity contribution in [3.8, 4) is 23.0 Å². The highest BCUT2D eigenvalue weighted by molar-refractivity contribution is 6.06. The smallest absolute Gasteiger partial charge is 0.279 e. The van der Waals surface area contributed by atoms with Crippen molar-refractivity contribution in [2.45, 2.75) is 12.8 Å². The van der Waals surface area contributed by atoms with Gasteiger partial charge >= 0.3 is 0 Å². The van der Waals surface area contributed by atoms with E-state index < -0.39 is 5.91 Å². The first-order valence-corrected chi connectivity index (χ1v) is 11.2. The number of rotatable bonds is 5. The largest absolute Gasteiger partial charge is 0.508 e. The maximum absolute atomic E-state index is 12.3. The van der Waals surface area contributed by atoms with Gasteiger partial charge in [-0.05, 0) is 49.4 Å². The third-order valence-electron chi connectivity index (χ3n) is 5.07. The maximum Gasteiger partial charge on any atom is 0.279 e. The molecule has 0 spiro atoms. The van der Waals surface area contributed by atoms with Crippen molar-refractivity contribution in [3.05, 3.63) is 59.8 Å². The van der Waals surface area contributed by atoms with Gasteiger partial charge in [0.1, 0.15) is 35.4 Å². The average molecular weight is 483 g/mol. The number of amides is 2. The Hall–Kier alpha value is -4.05. The Morgan fingerprint density at radius 3 is 2.63 bits per heavy atom. The average Bonchev–Trinajstić information content (AvgIpc) is 3.38. The van der Waals surface area contributed by atoms with Crippen LogP contribution in [0.25, 0.3) is 0 Å². The first-order valence-electron chi connectivity index (χ1n) is 11.2. The zero-order valence-electron chi connectivity index (χ0n) is 19.8. The fourth-order valence-corrected chi connectivity index (χ4v) is 3.26. The highest BCUT2D eigenvalue weighted by Crippen LogP contribution is 2.32. The molecule has 0 saturated carbocycles. The third kappa shape index (κ3) is 7.47. The number of nitrogens with one attached hydrogen (secondary N) is 1. The lowest BCUT2D eigenvalue weighted by Crippen LogP contribution is -2.27. The molecule has 2 amide bonds. The topological polar surface area (TPSA) is 136 Å². The minimum Gasteiger partial charge on any atom is -0.508 e. The summed E-state index contributed by atoms with van der Waals surface area (Å²) in [5.41, 5.74) is 6.20. The molecule has 2 heterocycles. The van der Waals surface area contributed by atoms with Crippen LogP contribution in [0.1, 0.15) is 33.6 Å². The molecule has 0 aromatic heterocycles. The maximum atomic E-state index is 12.3. The molecule has 4 N–H and O–H groups in total. The number of ether oxygens (including phenoxy) is 3. The fraction of sp³-hybridized carbons (Fsp3) is 0.320. The van der Waals surface area contributed by atoms with Crippen molar-refractivity contribution in [1.29, 1.82) is 0 Å². The minimum atomic E-state index is -0.632. The lowest BCUT2D eigenvalue weighted by Gasteiger charge is -2.13. The van der Waals surface area contributed by atoms with Gasteiger partial charge in [-0.2, -0.15) is 4.99 Å². The number of nitrogens with two attached hydrogens (primary N) is 1. The monoisotopic (exact) mass is 482 g/mol. The highest BCUT2D eigenvalue weighted by Gasteiger charge is 2.21. The van der Waals surface area contributed by atoms with Gasteiger partial charge in [0.15, 0.2) is 0 Å². The molecule has 10 heteroatoms. The molecule has 186 valence electrons. The number of hydrogen-bond acceptors (Lipinski definition) is 7. The standard InChI is InChI=1S/C21H22N4O5.C4H8O/c1-23-6-5-19(22)24-20(27)13-9-14(26)11-16(10-13)30-15-3-4-17-18(12-15)29-8-7-25(2)21(17)28;1-2-4-5-3-1/h3-6,9-12,23,26H,7-8H2,1-2H3,(H2,22,24,27);1-4H2/b6-5-;. The van der Waals surface area contributed by atoms with Gasteiger partial charge < -0.3 is 35.3 Å². The molecule has 0 unspecified atom stereocenters. The second-order valence-corrected chi connectivity index (χ2v) is 7.83. The Labute approximate surface area is 204 Å². The van der Waals surface area contributed by atoms with Gasteiger partial charge in [-0.25, -0.2) is 0 Å². The van der Waals surface area contributed by atoms with E-state index in [9.17, 15) is 14.7 Å². The summed E-state index contributed by atoms with van der Waals surface area (Å²) in [6, 6.07) is 8.88. The van der Waals surface area contributed by atoms with Crippen LogP contribution < -0.4 is 20.5 Å². The quantitative estimate of drug-likeness (QED) is 0.437. The van der Waals surface area contributed by atoms with Crippen LogP contribution in [0.3, 0.4) is 0 Å². The zero-order chi connectivity index (χ0) is 25.2. The molecule has 2 aromatic carbocycles. The summed E-state index contributed by atoms with van der Waals surface area (Å²) in [5, 5.41) is 12.7. The number of fused-ring (bicyclic) bond motifs is 1. The van der Waals surface area contributed by atoms with Gasteiger partial charge in [0.25, 0.3) is 11.8 Å². The van der Waals surface area contributed by atoms with Crippen LogP contribution in [0, 0.1) is 0 Å². The number of aliphatic imine (C=N–C) groups is 1. The van der Waals surface area contributed by atoms with Gasteiger partial charge in [0, 0.05) is 45.0 Å². The number of phenols is 1. The Bertz CT molecular complexity index is 1100. The van der Waals surface area contributed by atoms with Crippen molar-refractivity contribution in [2.75, 3.05) is 40.5 Å². The first kappa shape index (κ1) is 25.6. The van der Waals surface area contributed by atoms with Gasteiger partial charge in [0.2, 0.25) is 0 Å². The van der Waals surface area contributed by atoms with E-state index in [0.717, 1.165) is 13.2 Å². The van der Waals surface area contributed by atoms with Gasteiger partial charge in [-0.15, -0.1) is 0 Å². The summed E-state index contributed by atoms with van der Waals surface area (Å²) in [6.07, 6.45) is 5.53. The second-order valence-electron chi connectivity index (χ2n) is 7.83. The van der Waals surface area contributed by atoms with Crippen molar-refractivity contribution >= 4 is 17.6 Å². The SMILES string of the molecule is C1CCOC1.CN/C=C\C(N)=NC(=O)c1cc(O)cc(Oc2ccc3c(c2)OCCN(C)C3=O)c1. The molecule has 0 aliphatic carbocycles. The first-order chi connectivity index (χ1) is 16.9. The number of carbonyl (C=O) groups excluding carboxylic acids is 2. The van der Waals surface area contributed by atoms with E-state index in [1.54, 1.807) is 37.2 Å². The molecule has 10 nitrogen and oxygen atoms in total. The zero-order valence-corrected chi connectivity index (χ0v) is 19.8. The molecule has 2 aromatic rings. The van der Waals surface area contributed by atoms with Crippen LogP contribution in [0.2, 0.25) is 0 Å². The Morgan fingerprint density at radius 1 is 1.17 bits per heavy atom. The van der Waals surface area contributed by atoms with Crippen molar-refractivity contribution < 1.29 is 28.9 Å². The Kier molecular flexibility index (Phi) is 9.08. The predicted octanol–water partition coefficient (Wildman–Crippen LogP) is 2.68. The number of phenolic OH excluding ortho intramolecular Hbond substituents is 1. The summed E-state index contributed by atoms with van der Waals surface area (Å²) in [4.78, 5) is 30.0. The van der Waals surface area contributed by atoms with E-state index >= 15 is 0 Å². The van der Waals surface area contributed by atoms with E-state index in [1.807, 2.05) is 0 Å². The lowest BCUT2D eigenvalue weighted by atomic mass is 10.1. The molecule has 2 aliphatic heterocycles. The molecule has 2 aliphatic rings. The van der Waals surface area contributed by atoms with Crippen LogP contribution in [0.4, 0.5) is 0 Å². The Morgan fingerprint density at radius 2 is 1.94 bits per heavy atom. The third-order valence-corrected chi connectivity index (χ3v) is 5.07. The summed E-state index contributed by atoms with van der Waals surface area (Å²) in [6.45, 7) is 2.85. The molecular weight excluding hydrogens is 452 g/mol. The number of carbonyl (C=O) groups is 2. The molecule has 35 heavy (non-hydrogen) atoms. The summed E-state index contributed by atoms with van der Waals surface area (Å²) < 4.78 is 16.4. The molecule has 0 bridgehead atoms. The fourth-order valence-electron chi connectivity index (χ4n) is 3.26.